The fraction of sp³-hybridized carbons (Fsp3) is 0.312. The number of hydrogen-bond acceptors (Lipinski definition) is 1. The predicted octanol–water partition coefficient (Wildman–Crippen LogP) is 2.43. The average Bonchev–Trinajstić information content (AvgIpc) is 2.47. The van der Waals surface area contributed by atoms with Crippen molar-refractivity contribution in [2.24, 2.45) is 0 Å². The lowest BCUT2D eigenvalue weighted by Crippen LogP contribution is -2.56. The third-order valence-corrected chi connectivity index (χ3v) is 4.40. The summed E-state index contributed by atoms with van der Waals surface area (Å²) in [5.74, 6) is 0.386. The Morgan fingerprint density at radius 3 is 2.67 bits per heavy atom. The van der Waals surface area contributed by atoms with Crippen LogP contribution in [0.2, 0.25) is 0 Å². The van der Waals surface area contributed by atoms with E-state index in [2.05, 4.69) is 53.2 Å². The largest absolute Gasteiger partial charge is 0.380 e. The highest BCUT2D eigenvalue weighted by molar-refractivity contribution is 5.42. The van der Waals surface area contributed by atoms with Gasteiger partial charge in [-0.1, -0.05) is 30.3 Å². The van der Waals surface area contributed by atoms with Crippen LogP contribution in [0.3, 0.4) is 0 Å². The summed E-state index contributed by atoms with van der Waals surface area (Å²) in [6.45, 7) is 0. The summed E-state index contributed by atoms with van der Waals surface area (Å²) in [6.07, 6.45) is 3.60. The van der Waals surface area contributed by atoms with Crippen LogP contribution in [-0.2, 0) is 4.74 Å². The van der Waals surface area contributed by atoms with Gasteiger partial charge in [-0.15, -0.1) is 0 Å². The summed E-state index contributed by atoms with van der Waals surface area (Å²) in [7, 11) is 1.83. The maximum atomic E-state index is 5.73. The molecule has 5 rings (SSSR count). The molecule has 0 N–H and O–H groups in total. The first-order chi connectivity index (χ1) is 8.90. The molecule has 0 amide bonds. The van der Waals surface area contributed by atoms with E-state index in [1.807, 2.05) is 7.11 Å². The minimum atomic E-state index is 0.312. The van der Waals surface area contributed by atoms with Gasteiger partial charge in [0.1, 0.15) is 0 Å². The molecule has 2 nitrogen and oxygen atoms in total. The average molecular weight is 238 g/mol. The van der Waals surface area contributed by atoms with Crippen LogP contribution in [0, 0.1) is 0 Å². The summed E-state index contributed by atoms with van der Waals surface area (Å²) < 4.78 is 8.14. The standard InChI is InChI=1S/C16H16NO/c1-18-15-10-14-11-6-2-3-7-12(11)16(15)13-8-4-5-9-17(13)14/h2-9,14-16H,10H2,1H3/q+1. The molecule has 0 radical (unpaired) electrons. The van der Waals surface area contributed by atoms with E-state index in [-0.39, 0.29) is 0 Å². The van der Waals surface area contributed by atoms with Crippen molar-refractivity contribution in [2.45, 2.75) is 24.5 Å². The Morgan fingerprint density at radius 2 is 1.83 bits per heavy atom. The molecule has 1 aromatic carbocycles. The van der Waals surface area contributed by atoms with Gasteiger partial charge in [-0.2, -0.15) is 4.57 Å². The van der Waals surface area contributed by atoms with Crippen LogP contribution < -0.4 is 4.57 Å². The summed E-state index contributed by atoms with van der Waals surface area (Å²) in [4.78, 5) is 0. The number of pyridine rings is 1. The Balaban J connectivity index is 2.00. The molecule has 3 unspecified atom stereocenters. The highest BCUT2D eigenvalue weighted by atomic mass is 16.5. The summed E-state index contributed by atoms with van der Waals surface area (Å²) in [5.41, 5.74) is 4.31. The minimum Gasteiger partial charge on any atom is -0.380 e. The molecule has 2 aliphatic heterocycles. The first kappa shape index (κ1) is 10.3. The van der Waals surface area contributed by atoms with Crippen molar-refractivity contribution in [2.75, 3.05) is 7.11 Å². The van der Waals surface area contributed by atoms with Crippen molar-refractivity contribution >= 4 is 0 Å². The highest BCUT2D eigenvalue weighted by Gasteiger charge is 2.49. The molecular formula is C16H16NO+. The molecule has 2 aromatic rings. The Kier molecular flexibility index (Phi) is 2.09. The van der Waals surface area contributed by atoms with E-state index in [1.165, 1.54) is 16.8 Å². The van der Waals surface area contributed by atoms with E-state index in [0.717, 1.165) is 6.42 Å². The van der Waals surface area contributed by atoms with Crippen LogP contribution in [0.5, 0.6) is 0 Å². The third kappa shape index (κ3) is 1.19. The first-order valence-corrected chi connectivity index (χ1v) is 6.52. The normalized spacial score (nSPS) is 27.7. The zero-order valence-corrected chi connectivity index (χ0v) is 10.4. The van der Waals surface area contributed by atoms with E-state index < -0.39 is 0 Å². The number of aromatic nitrogens is 1. The second-order valence-electron chi connectivity index (χ2n) is 5.17. The molecule has 3 heterocycles. The summed E-state index contributed by atoms with van der Waals surface area (Å²) >= 11 is 0. The fourth-order valence-electron chi connectivity index (χ4n) is 3.64. The van der Waals surface area contributed by atoms with Gasteiger partial charge in [0.25, 0.3) is 0 Å². The fourth-order valence-corrected chi connectivity index (χ4v) is 3.64. The molecule has 18 heavy (non-hydrogen) atoms. The molecule has 0 saturated carbocycles. The second-order valence-corrected chi connectivity index (χ2v) is 5.17. The lowest BCUT2D eigenvalue weighted by Gasteiger charge is -2.39. The number of rotatable bonds is 1. The quantitative estimate of drug-likeness (QED) is 0.695. The van der Waals surface area contributed by atoms with Crippen molar-refractivity contribution in [1.82, 2.24) is 0 Å². The Hall–Kier alpha value is -1.67. The zero-order valence-electron chi connectivity index (χ0n) is 10.4. The van der Waals surface area contributed by atoms with Crippen LogP contribution in [0.4, 0.5) is 0 Å². The molecule has 90 valence electrons. The van der Waals surface area contributed by atoms with Crippen LogP contribution in [0.1, 0.15) is 35.2 Å². The lowest BCUT2D eigenvalue weighted by molar-refractivity contribution is -0.732. The molecule has 0 fully saturated rings. The number of hydrogen-bond donors (Lipinski definition) is 0. The molecule has 2 heteroatoms. The number of fused-ring (bicyclic) bond motifs is 1. The molecule has 0 spiro atoms. The van der Waals surface area contributed by atoms with E-state index in [9.17, 15) is 0 Å². The van der Waals surface area contributed by atoms with Crippen molar-refractivity contribution < 1.29 is 9.30 Å². The smallest absolute Gasteiger partial charge is 0.192 e. The first-order valence-electron chi connectivity index (χ1n) is 6.52. The van der Waals surface area contributed by atoms with Crippen LogP contribution in [0.25, 0.3) is 0 Å². The number of nitrogens with zero attached hydrogens (tertiary/aromatic N) is 1. The maximum absolute atomic E-state index is 5.73. The number of benzene rings is 1. The molecule has 3 aliphatic rings. The van der Waals surface area contributed by atoms with Gasteiger partial charge in [-0.25, -0.2) is 0 Å². The van der Waals surface area contributed by atoms with Gasteiger partial charge >= 0.3 is 0 Å². The molecule has 2 bridgehead atoms. The van der Waals surface area contributed by atoms with E-state index in [4.69, 9.17) is 4.74 Å². The molecular weight excluding hydrogens is 222 g/mol. The molecule has 0 saturated heterocycles. The van der Waals surface area contributed by atoms with E-state index in [0.29, 0.717) is 18.1 Å². The predicted molar refractivity (Wildman–Crippen MR) is 68.5 cm³/mol. The SMILES string of the molecule is COC1CC2c3ccccc3C1c1cccc[n+]12. The van der Waals surface area contributed by atoms with Crippen molar-refractivity contribution in [1.29, 1.82) is 0 Å². The van der Waals surface area contributed by atoms with Gasteiger partial charge < -0.3 is 4.74 Å². The zero-order chi connectivity index (χ0) is 12.1. The van der Waals surface area contributed by atoms with Gasteiger partial charge in [0.15, 0.2) is 17.9 Å². The molecule has 3 atom stereocenters. The van der Waals surface area contributed by atoms with Crippen LogP contribution in [-0.4, -0.2) is 13.2 Å². The minimum absolute atomic E-state index is 0.312. The van der Waals surface area contributed by atoms with Crippen molar-refractivity contribution in [3.63, 3.8) is 0 Å². The van der Waals surface area contributed by atoms with Crippen molar-refractivity contribution in [3.8, 4) is 0 Å². The van der Waals surface area contributed by atoms with Gasteiger partial charge in [-0.3, -0.25) is 0 Å². The van der Waals surface area contributed by atoms with Crippen LogP contribution in [0.15, 0.2) is 48.7 Å². The lowest BCUT2D eigenvalue weighted by atomic mass is 9.72. The topological polar surface area (TPSA) is 13.1 Å². The van der Waals surface area contributed by atoms with E-state index >= 15 is 0 Å². The van der Waals surface area contributed by atoms with Gasteiger partial charge in [0.2, 0.25) is 0 Å². The summed E-state index contributed by atoms with van der Waals surface area (Å²) in [6, 6.07) is 15.7. The highest BCUT2D eigenvalue weighted by Crippen LogP contribution is 2.45. The van der Waals surface area contributed by atoms with Gasteiger partial charge in [0, 0.05) is 31.2 Å². The van der Waals surface area contributed by atoms with Crippen molar-refractivity contribution in [3.05, 3.63) is 65.5 Å². The van der Waals surface area contributed by atoms with Gasteiger partial charge in [0.05, 0.1) is 12.0 Å². The third-order valence-electron chi connectivity index (χ3n) is 4.40. The molecule has 1 aliphatic carbocycles. The Bertz CT molecular complexity index is 560. The summed E-state index contributed by atoms with van der Waals surface area (Å²) in [5, 5.41) is 0. The Morgan fingerprint density at radius 1 is 1.06 bits per heavy atom. The maximum Gasteiger partial charge on any atom is 0.192 e. The van der Waals surface area contributed by atoms with Crippen LogP contribution >= 0.6 is 0 Å². The van der Waals surface area contributed by atoms with E-state index in [1.54, 1.807) is 0 Å². The number of methoxy groups -OCH3 is 1. The Labute approximate surface area is 107 Å². The number of ether oxygens (including phenoxy) is 1. The monoisotopic (exact) mass is 238 g/mol. The second kappa shape index (κ2) is 3.66. The van der Waals surface area contributed by atoms with Gasteiger partial charge in [-0.05, 0) is 5.56 Å². The molecule has 1 aromatic heterocycles.